The van der Waals surface area contributed by atoms with Crippen LogP contribution in [0.3, 0.4) is 0 Å². The number of piperazine rings is 1. The van der Waals surface area contributed by atoms with Gasteiger partial charge in [-0.15, -0.1) is 0 Å². The lowest BCUT2D eigenvalue weighted by Crippen LogP contribution is -2.69. The first-order chi connectivity index (χ1) is 9.19. The number of non-ortho nitro benzene ring substituents is 1. The van der Waals surface area contributed by atoms with Crippen molar-refractivity contribution < 1.29 is 9.31 Å². The molecule has 0 radical (unpaired) electrons. The number of fused-ring (bicyclic) bond motifs is 2. The molecule has 3 saturated heterocycles. The average molecular weight is 265 g/mol. The molecule has 1 aromatic rings. The molecule has 3 aliphatic rings. The van der Waals surface area contributed by atoms with Crippen molar-refractivity contribution in [2.75, 3.05) is 31.2 Å². The largest absolute Gasteiger partial charge is 0.368 e. The van der Waals surface area contributed by atoms with E-state index in [0.29, 0.717) is 18.6 Å². The lowest BCUT2D eigenvalue weighted by Gasteiger charge is -2.56. The van der Waals surface area contributed by atoms with Gasteiger partial charge < -0.3 is 4.90 Å². The number of hydrogen-bond acceptors (Lipinski definition) is 4. The molecule has 19 heavy (non-hydrogen) atoms. The molecule has 2 bridgehead atoms. The molecule has 0 amide bonds. The summed E-state index contributed by atoms with van der Waals surface area (Å²) in [5.74, 6) is 0. The molecule has 4 rings (SSSR count). The van der Waals surface area contributed by atoms with E-state index in [-0.39, 0.29) is 17.3 Å². The van der Waals surface area contributed by atoms with Gasteiger partial charge >= 0.3 is 0 Å². The van der Waals surface area contributed by atoms with Gasteiger partial charge in [-0.3, -0.25) is 15.0 Å². The number of nitro benzene ring substituents is 1. The van der Waals surface area contributed by atoms with Gasteiger partial charge in [0.1, 0.15) is 6.67 Å². The fraction of sp³-hybridized carbons (Fsp3) is 0.538. The highest BCUT2D eigenvalue weighted by atomic mass is 19.1. The van der Waals surface area contributed by atoms with Crippen LogP contribution in [-0.2, 0) is 0 Å². The van der Waals surface area contributed by atoms with Crippen molar-refractivity contribution >= 4 is 11.4 Å². The second kappa shape index (κ2) is 4.77. The van der Waals surface area contributed by atoms with Crippen LogP contribution in [0.4, 0.5) is 15.8 Å². The summed E-state index contributed by atoms with van der Waals surface area (Å²) in [4.78, 5) is 14.7. The van der Waals surface area contributed by atoms with Gasteiger partial charge in [0.25, 0.3) is 5.69 Å². The number of alkyl halides is 1. The maximum absolute atomic E-state index is 12.4. The number of piperidine rings is 1. The fourth-order valence-corrected chi connectivity index (χ4v) is 3.15. The minimum absolute atomic E-state index is 0.116. The van der Waals surface area contributed by atoms with E-state index in [2.05, 4.69) is 9.80 Å². The first kappa shape index (κ1) is 12.3. The van der Waals surface area contributed by atoms with Crippen molar-refractivity contribution in [3.8, 4) is 0 Å². The number of halogens is 1. The van der Waals surface area contributed by atoms with Gasteiger partial charge in [0.05, 0.1) is 4.92 Å². The SMILES string of the molecule is O=[N+]([O-])c1ccc(N2CC3CC(C2)N3CCF)cc1. The van der Waals surface area contributed by atoms with E-state index in [1.807, 2.05) is 0 Å². The fourth-order valence-electron chi connectivity index (χ4n) is 3.15. The van der Waals surface area contributed by atoms with E-state index in [1.54, 1.807) is 12.1 Å². The maximum atomic E-state index is 12.4. The van der Waals surface area contributed by atoms with Gasteiger partial charge in [0.15, 0.2) is 0 Å². The first-order valence-electron chi connectivity index (χ1n) is 6.50. The molecule has 2 atom stereocenters. The molecule has 0 aliphatic carbocycles. The Bertz CT molecular complexity index is 467. The predicted molar refractivity (Wildman–Crippen MR) is 70.2 cm³/mol. The molecule has 3 heterocycles. The van der Waals surface area contributed by atoms with Crippen molar-refractivity contribution in [3.05, 3.63) is 34.4 Å². The van der Waals surface area contributed by atoms with Crippen LogP contribution in [0.15, 0.2) is 24.3 Å². The topological polar surface area (TPSA) is 49.6 Å². The van der Waals surface area contributed by atoms with E-state index >= 15 is 0 Å². The minimum Gasteiger partial charge on any atom is -0.368 e. The summed E-state index contributed by atoms with van der Waals surface area (Å²) in [6, 6.07) is 7.53. The second-order valence-corrected chi connectivity index (χ2v) is 5.15. The minimum atomic E-state index is -0.388. The quantitative estimate of drug-likeness (QED) is 0.615. The molecule has 0 saturated carbocycles. The number of benzene rings is 1. The van der Waals surface area contributed by atoms with Gasteiger partial charge in [-0.05, 0) is 18.6 Å². The number of nitro groups is 1. The van der Waals surface area contributed by atoms with Crippen molar-refractivity contribution in [2.24, 2.45) is 0 Å². The summed E-state index contributed by atoms with van der Waals surface area (Å²) in [5.41, 5.74) is 1.13. The Hall–Kier alpha value is -1.69. The zero-order chi connectivity index (χ0) is 13.4. The lowest BCUT2D eigenvalue weighted by molar-refractivity contribution is -0.384. The Kier molecular flexibility index (Phi) is 3.10. The summed E-state index contributed by atoms with van der Waals surface area (Å²) in [6.45, 7) is 2.01. The Morgan fingerprint density at radius 2 is 1.89 bits per heavy atom. The second-order valence-electron chi connectivity index (χ2n) is 5.15. The molecule has 3 fully saturated rings. The standard InChI is InChI=1S/C13H16FN3O2/c14-5-6-16-12-7-13(16)9-15(8-12)10-1-3-11(4-2-10)17(18)19/h1-4,12-13H,5-9H2. The molecule has 5 nitrogen and oxygen atoms in total. The summed E-state index contributed by atoms with van der Waals surface area (Å²) < 4.78 is 12.4. The number of anilines is 1. The van der Waals surface area contributed by atoms with Crippen LogP contribution in [0.5, 0.6) is 0 Å². The molecule has 1 aromatic carbocycles. The predicted octanol–water partition coefficient (Wildman–Crippen LogP) is 1.83. The highest BCUT2D eigenvalue weighted by Gasteiger charge is 2.44. The molecule has 3 aliphatic heterocycles. The van der Waals surface area contributed by atoms with E-state index in [9.17, 15) is 14.5 Å². The molecule has 2 unspecified atom stereocenters. The summed E-state index contributed by atoms with van der Waals surface area (Å²) >= 11 is 0. The smallest absolute Gasteiger partial charge is 0.269 e. The van der Waals surface area contributed by atoms with Crippen molar-refractivity contribution in [1.82, 2.24) is 4.90 Å². The number of rotatable bonds is 4. The van der Waals surface area contributed by atoms with E-state index in [4.69, 9.17) is 0 Å². The van der Waals surface area contributed by atoms with Gasteiger partial charge in [-0.1, -0.05) is 0 Å². The molecule has 6 heteroatoms. The van der Waals surface area contributed by atoms with Crippen molar-refractivity contribution in [2.45, 2.75) is 18.5 Å². The molecule has 0 spiro atoms. The van der Waals surface area contributed by atoms with Crippen LogP contribution in [0.25, 0.3) is 0 Å². The maximum Gasteiger partial charge on any atom is 0.269 e. The third-order valence-corrected chi connectivity index (χ3v) is 4.11. The molecular formula is C13H16FN3O2. The van der Waals surface area contributed by atoms with Gasteiger partial charge in [0.2, 0.25) is 0 Å². The van der Waals surface area contributed by atoms with Crippen LogP contribution in [0.1, 0.15) is 6.42 Å². The lowest BCUT2D eigenvalue weighted by atomic mass is 9.87. The molecule has 0 aromatic heterocycles. The molecular weight excluding hydrogens is 249 g/mol. The summed E-state index contributed by atoms with van der Waals surface area (Å²) in [5, 5.41) is 10.6. The monoisotopic (exact) mass is 265 g/mol. The van der Waals surface area contributed by atoms with Gasteiger partial charge in [-0.25, -0.2) is 4.39 Å². The number of hydrogen-bond donors (Lipinski definition) is 0. The Morgan fingerprint density at radius 1 is 1.26 bits per heavy atom. The third-order valence-electron chi connectivity index (χ3n) is 4.11. The van der Waals surface area contributed by atoms with Gasteiger partial charge in [-0.2, -0.15) is 0 Å². The molecule has 0 N–H and O–H groups in total. The number of nitrogens with zero attached hydrogens (tertiary/aromatic N) is 3. The average Bonchev–Trinajstić information content (AvgIpc) is 2.45. The summed E-state index contributed by atoms with van der Waals surface area (Å²) in [6.07, 6.45) is 1.14. The Balaban J connectivity index is 1.67. The van der Waals surface area contributed by atoms with Crippen LogP contribution in [-0.4, -0.2) is 48.2 Å². The van der Waals surface area contributed by atoms with Crippen LogP contribution >= 0.6 is 0 Å². The van der Waals surface area contributed by atoms with Crippen molar-refractivity contribution in [3.63, 3.8) is 0 Å². The highest BCUT2D eigenvalue weighted by molar-refractivity contribution is 5.52. The normalized spacial score (nSPS) is 26.1. The van der Waals surface area contributed by atoms with E-state index < -0.39 is 0 Å². The highest BCUT2D eigenvalue weighted by Crippen LogP contribution is 2.34. The zero-order valence-corrected chi connectivity index (χ0v) is 10.5. The van der Waals surface area contributed by atoms with Gasteiger partial charge in [0, 0.05) is 49.5 Å². The van der Waals surface area contributed by atoms with Crippen LogP contribution < -0.4 is 4.90 Å². The van der Waals surface area contributed by atoms with Crippen molar-refractivity contribution in [1.29, 1.82) is 0 Å². The van der Waals surface area contributed by atoms with Crippen LogP contribution in [0, 0.1) is 10.1 Å². The van der Waals surface area contributed by atoms with E-state index in [0.717, 1.165) is 25.2 Å². The van der Waals surface area contributed by atoms with Crippen LogP contribution in [0.2, 0.25) is 0 Å². The van der Waals surface area contributed by atoms with E-state index in [1.165, 1.54) is 12.1 Å². The third kappa shape index (κ3) is 2.16. The first-order valence-corrected chi connectivity index (χ1v) is 6.50. The Labute approximate surface area is 110 Å². The summed E-state index contributed by atoms with van der Waals surface area (Å²) in [7, 11) is 0. The zero-order valence-electron chi connectivity index (χ0n) is 10.5. The molecule has 102 valence electrons. The Morgan fingerprint density at radius 3 is 2.42 bits per heavy atom.